The maximum absolute atomic E-state index is 5.22. The highest BCUT2D eigenvalue weighted by atomic mass is 16.5. The molecular weight excluding hydrogens is 248 g/mol. The summed E-state index contributed by atoms with van der Waals surface area (Å²) in [4.78, 5) is 8.27. The van der Waals surface area contributed by atoms with Gasteiger partial charge in [0.25, 0.3) is 0 Å². The summed E-state index contributed by atoms with van der Waals surface area (Å²) < 4.78 is 5.22. The lowest BCUT2D eigenvalue weighted by Gasteiger charge is -2.03. The first kappa shape index (κ1) is 12.2. The molecule has 0 aliphatic carbocycles. The highest BCUT2D eigenvalue weighted by Gasteiger charge is 2.00. The summed E-state index contributed by atoms with van der Waals surface area (Å²) in [6.07, 6.45) is 7.07. The number of benzene rings is 1. The molecule has 0 saturated heterocycles. The Hall–Kier alpha value is -2.86. The van der Waals surface area contributed by atoms with E-state index in [2.05, 4.69) is 21.8 Å². The molecule has 1 aromatic carbocycles. The first-order chi connectivity index (χ1) is 9.86. The number of ether oxygens (including phenoxy) is 1. The van der Waals surface area contributed by atoms with Crippen LogP contribution in [0.15, 0.2) is 55.1 Å². The second kappa shape index (κ2) is 5.41. The third-order valence-corrected chi connectivity index (χ3v) is 2.97. The van der Waals surface area contributed by atoms with E-state index in [1.54, 1.807) is 25.7 Å². The minimum Gasteiger partial charge on any atom is -0.497 e. The van der Waals surface area contributed by atoms with Crippen LogP contribution in [0.3, 0.4) is 0 Å². The van der Waals surface area contributed by atoms with Gasteiger partial charge >= 0.3 is 0 Å². The van der Waals surface area contributed by atoms with Gasteiger partial charge in [-0.05, 0) is 30.3 Å². The van der Waals surface area contributed by atoms with E-state index in [0.29, 0.717) is 0 Å². The van der Waals surface area contributed by atoms with Crippen molar-refractivity contribution in [2.24, 2.45) is 0 Å². The van der Waals surface area contributed by atoms with Crippen LogP contribution in [-0.4, -0.2) is 17.1 Å². The normalized spacial score (nSPS) is 9.85. The van der Waals surface area contributed by atoms with Crippen LogP contribution < -0.4 is 4.74 Å². The summed E-state index contributed by atoms with van der Waals surface area (Å²) >= 11 is 0. The van der Waals surface area contributed by atoms with E-state index in [-0.39, 0.29) is 0 Å². The van der Waals surface area contributed by atoms with Crippen molar-refractivity contribution in [2.75, 3.05) is 7.11 Å². The summed E-state index contributed by atoms with van der Waals surface area (Å²) in [5, 5.41) is 2.08. The standard InChI is InChI=1S/C17H12N2O/c1-20-16-6-7-17-14(11-19-12-15(17)9-16)5-4-13-3-2-8-18-10-13/h2-3,6-12H,1H3. The van der Waals surface area contributed by atoms with Gasteiger partial charge in [0.2, 0.25) is 0 Å². The molecule has 0 radical (unpaired) electrons. The van der Waals surface area contributed by atoms with Gasteiger partial charge in [-0.15, -0.1) is 0 Å². The molecule has 3 aromatic rings. The van der Waals surface area contributed by atoms with Crippen molar-refractivity contribution >= 4 is 10.8 Å². The Morgan fingerprint density at radius 3 is 2.75 bits per heavy atom. The number of methoxy groups -OCH3 is 1. The molecule has 0 spiro atoms. The van der Waals surface area contributed by atoms with Crippen LogP contribution in [0, 0.1) is 11.8 Å². The average molecular weight is 260 g/mol. The van der Waals surface area contributed by atoms with Crippen molar-refractivity contribution < 1.29 is 4.74 Å². The highest BCUT2D eigenvalue weighted by molar-refractivity contribution is 5.88. The Kier molecular flexibility index (Phi) is 3.30. The van der Waals surface area contributed by atoms with Gasteiger partial charge in [0.05, 0.1) is 12.7 Å². The van der Waals surface area contributed by atoms with E-state index in [1.807, 2.05) is 36.5 Å². The van der Waals surface area contributed by atoms with Crippen molar-refractivity contribution in [2.45, 2.75) is 0 Å². The number of nitrogens with zero attached hydrogens (tertiary/aromatic N) is 2. The van der Waals surface area contributed by atoms with E-state index in [0.717, 1.165) is 27.6 Å². The van der Waals surface area contributed by atoms with Gasteiger partial charge in [0.1, 0.15) is 5.75 Å². The molecule has 0 unspecified atom stereocenters. The molecule has 3 heteroatoms. The van der Waals surface area contributed by atoms with Gasteiger partial charge < -0.3 is 4.74 Å². The van der Waals surface area contributed by atoms with Crippen LogP contribution >= 0.6 is 0 Å². The first-order valence-corrected chi connectivity index (χ1v) is 6.20. The Labute approximate surface area is 117 Å². The third kappa shape index (κ3) is 2.45. The molecule has 0 aliphatic rings. The lowest BCUT2D eigenvalue weighted by molar-refractivity contribution is 0.415. The second-order valence-electron chi connectivity index (χ2n) is 4.27. The fourth-order valence-electron chi connectivity index (χ4n) is 1.96. The van der Waals surface area contributed by atoms with E-state index in [1.165, 1.54) is 0 Å². The van der Waals surface area contributed by atoms with Gasteiger partial charge in [-0.25, -0.2) is 0 Å². The smallest absolute Gasteiger partial charge is 0.119 e. The Morgan fingerprint density at radius 2 is 1.95 bits per heavy atom. The molecule has 0 atom stereocenters. The number of pyridine rings is 2. The minimum absolute atomic E-state index is 0.816. The molecule has 3 nitrogen and oxygen atoms in total. The van der Waals surface area contributed by atoms with Crippen molar-refractivity contribution in [3.63, 3.8) is 0 Å². The van der Waals surface area contributed by atoms with Gasteiger partial charge in [0.15, 0.2) is 0 Å². The SMILES string of the molecule is COc1ccc2c(C#Cc3cccnc3)cncc2c1. The Balaban J connectivity index is 2.07. The van der Waals surface area contributed by atoms with Crippen LogP contribution in [0.5, 0.6) is 5.75 Å². The Morgan fingerprint density at radius 1 is 1.00 bits per heavy atom. The van der Waals surface area contributed by atoms with Crippen molar-refractivity contribution in [3.8, 4) is 17.6 Å². The molecule has 0 bridgehead atoms. The predicted octanol–water partition coefficient (Wildman–Crippen LogP) is 3.04. The molecule has 0 aliphatic heterocycles. The molecule has 2 heterocycles. The van der Waals surface area contributed by atoms with E-state index >= 15 is 0 Å². The van der Waals surface area contributed by atoms with Crippen LogP contribution in [0.25, 0.3) is 10.8 Å². The van der Waals surface area contributed by atoms with Crippen molar-refractivity contribution in [1.82, 2.24) is 9.97 Å². The molecule has 96 valence electrons. The van der Waals surface area contributed by atoms with Gasteiger partial charge in [-0.3, -0.25) is 9.97 Å². The van der Waals surface area contributed by atoms with Gasteiger partial charge in [-0.2, -0.15) is 0 Å². The fraction of sp³-hybridized carbons (Fsp3) is 0.0588. The number of rotatable bonds is 1. The van der Waals surface area contributed by atoms with Crippen LogP contribution in [-0.2, 0) is 0 Å². The van der Waals surface area contributed by atoms with E-state index in [9.17, 15) is 0 Å². The van der Waals surface area contributed by atoms with Crippen LogP contribution in [0.2, 0.25) is 0 Å². The number of hydrogen-bond acceptors (Lipinski definition) is 3. The zero-order valence-electron chi connectivity index (χ0n) is 11.0. The first-order valence-electron chi connectivity index (χ1n) is 6.20. The molecule has 3 rings (SSSR count). The largest absolute Gasteiger partial charge is 0.497 e. The molecule has 0 fully saturated rings. The third-order valence-electron chi connectivity index (χ3n) is 2.97. The number of aromatic nitrogens is 2. The fourth-order valence-corrected chi connectivity index (χ4v) is 1.96. The number of fused-ring (bicyclic) bond motifs is 1. The zero-order chi connectivity index (χ0) is 13.8. The van der Waals surface area contributed by atoms with Crippen molar-refractivity contribution in [1.29, 1.82) is 0 Å². The minimum atomic E-state index is 0.816. The van der Waals surface area contributed by atoms with E-state index < -0.39 is 0 Å². The summed E-state index contributed by atoms with van der Waals surface area (Å²) in [5.74, 6) is 7.06. The average Bonchev–Trinajstić information content (AvgIpc) is 2.53. The molecule has 2 aromatic heterocycles. The molecule has 0 amide bonds. The maximum atomic E-state index is 5.22. The second-order valence-corrected chi connectivity index (χ2v) is 4.27. The van der Waals surface area contributed by atoms with Crippen molar-refractivity contribution in [3.05, 3.63) is 66.2 Å². The van der Waals surface area contributed by atoms with E-state index in [4.69, 9.17) is 4.74 Å². The lowest BCUT2D eigenvalue weighted by Crippen LogP contribution is -1.86. The molecule has 20 heavy (non-hydrogen) atoms. The zero-order valence-corrected chi connectivity index (χ0v) is 11.0. The van der Waals surface area contributed by atoms with Gasteiger partial charge in [0, 0.05) is 41.1 Å². The summed E-state index contributed by atoms with van der Waals surface area (Å²) in [6.45, 7) is 0. The highest BCUT2D eigenvalue weighted by Crippen LogP contribution is 2.22. The quantitative estimate of drug-likeness (QED) is 0.631. The number of hydrogen-bond donors (Lipinski definition) is 0. The predicted molar refractivity (Wildman–Crippen MR) is 78.5 cm³/mol. The summed E-state index contributed by atoms with van der Waals surface area (Å²) in [6, 6.07) is 9.69. The molecule has 0 saturated carbocycles. The van der Waals surface area contributed by atoms with Crippen LogP contribution in [0.4, 0.5) is 0 Å². The summed E-state index contributed by atoms with van der Waals surface area (Å²) in [7, 11) is 1.65. The molecular formula is C17H12N2O. The Bertz CT molecular complexity index is 801. The molecule has 0 N–H and O–H groups in total. The lowest BCUT2D eigenvalue weighted by atomic mass is 10.1. The van der Waals surface area contributed by atoms with Gasteiger partial charge in [-0.1, -0.05) is 11.8 Å². The van der Waals surface area contributed by atoms with Crippen LogP contribution in [0.1, 0.15) is 11.1 Å². The monoisotopic (exact) mass is 260 g/mol. The summed E-state index contributed by atoms with van der Waals surface area (Å²) in [5.41, 5.74) is 1.78. The maximum Gasteiger partial charge on any atom is 0.119 e. The topological polar surface area (TPSA) is 35.0 Å².